The molecule has 0 N–H and O–H groups in total. The Morgan fingerprint density at radius 2 is 1.75 bits per heavy atom. The van der Waals surface area contributed by atoms with E-state index in [1.165, 1.54) is 40.7 Å². The van der Waals surface area contributed by atoms with Crippen LogP contribution in [0.25, 0.3) is 0 Å². The summed E-state index contributed by atoms with van der Waals surface area (Å²) >= 11 is 0. The van der Waals surface area contributed by atoms with Crippen LogP contribution in [0, 0.1) is 33.8 Å². The van der Waals surface area contributed by atoms with E-state index in [0.29, 0.717) is 0 Å². The van der Waals surface area contributed by atoms with Gasteiger partial charge in [0.25, 0.3) is 0 Å². The number of rotatable bonds is 4. The average Bonchev–Trinajstić information content (AvgIpc) is 2.25. The predicted octanol–water partition coefficient (Wildman–Crippen LogP) is 4.82. The van der Waals surface area contributed by atoms with E-state index in [0.717, 1.165) is 6.42 Å². The van der Waals surface area contributed by atoms with Gasteiger partial charge in [-0.1, -0.05) is 31.9 Å². The zero-order valence-electron chi connectivity index (χ0n) is 11.3. The fourth-order valence-corrected chi connectivity index (χ4v) is 1.99. The monoisotopic (exact) mass is 215 g/mol. The van der Waals surface area contributed by atoms with Crippen LogP contribution in [-0.4, -0.2) is 0 Å². The van der Waals surface area contributed by atoms with Crippen LogP contribution in [0.5, 0.6) is 0 Å². The smallest absolute Gasteiger partial charge is 0.0120 e. The van der Waals surface area contributed by atoms with Crippen LogP contribution in [-0.2, 0) is 0 Å². The SMILES string of the molecule is CCCC/C=[C]\c1c(C)cc(C)c(C)c1C. The third-order valence-electron chi connectivity index (χ3n) is 3.30. The summed E-state index contributed by atoms with van der Waals surface area (Å²) in [6, 6.07) is 2.26. The first kappa shape index (κ1) is 13.0. The Balaban J connectivity index is 2.96. The first-order valence-electron chi connectivity index (χ1n) is 6.23. The molecule has 0 fully saturated rings. The van der Waals surface area contributed by atoms with Crippen LogP contribution in [0.4, 0.5) is 0 Å². The van der Waals surface area contributed by atoms with E-state index < -0.39 is 0 Å². The molecule has 0 spiro atoms. The van der Waals surface area contributed by atoms with Crippen molar-refractivity contribution in [1.29, 1.82) is 0 Å². The topological polar surface area (TPSA) is 0 Å². The Hall–Kier alpha value is -1.04. The summed E-state index contributed by atoms with van der Waals surface area (Å²) in [7, 11) is 0. The van der Waals surface area contributed by atoms with Gasteiger partial charge in [-0.2, -0.15) is 0 Å². The Labute approximate surface area is 100 Å². The lowest BCUT2D eigenvalue weighted by Gasteiger charge is -2.11. The second-order valence-corrected chi connectivity index (χ2v) is 4.63. The number of allylic oxidation sites excluding steroid dienone is 1. The summed E-state index contributed by atoms with van der Waals surface area (Å²) in [5.41, 5.74) is 6.80. The Bertz CT molecular complexity index is 384. The highest BCUT2D eigenvalue weighted by atomic mass is 14.1. The summed E-state index contributed by atoms with van der Waals surface area (Å²) in [5.74, 6) is 0. The molecule has 1 radical (unpaired) electrons. The lowest BCUT2D eigenvalue weighted by Crippen LogP contribution is -1.95. The van der Waals surface area contributed by atoms with Crippen molar-refractivity contribution >= 4 is 0 Å². The van der Waals surface area contributed by atoms with Crippen molar-refractivity contribution in [3.05, 3.63) is 46.0 Å². The molecule has 0 heterocycles. The van der Waals surface area contributed by atoms with E-state index >= 15 is 0 Å². The zero-order valence-corrected chi connectivity index (χ0v) is 11.3. The van der Waals surface area contributed by atoms with Gasteiger partial charge in [0.2, 0.25) is 0 Å². The minimum absolute atomic E-state index is 1.14. The molecular formula is C16H23. The molecule has 0 heteroatoms. The van der Waals surface area contributed by atoms with E-state index in [-0.39, 0.29) is 0 Å². The number of unbranched alkanes of at least 4 members (excludes halogenated alkanes) is 2. The van der Waals surface area contributed by atoms with Gasteiger partial charge in [0.15, 0.2) is 0 Å². The molecule has 0 aliphatic heterocycles. The fourth-order valence-electron chi connectivity index (χ4n) is 1.99. The molecule has 87 valence electrons. The van der Waals surface area contributed by atoms with Crippen molar-refractivity contribution in [2.24, 2.45) is 0 Å². The van der Waals surface area contributed by atoms with E-state index in [1.54, 1.807) is 0 Å². The van der Waals surface area contributed by atoms with Crippen LogP contribution in [0.3, 0.4) is 0 Å². The quantitative estimate of drug-likeness (QED) is 0.632. The number of aryl methyl sites for hydroxylation is 2. The minimum Gasteiger partial charge on any atom is -0.0760 e. The van der Waals surface area contributed by atoms with Crippen molar-refractivity contribution in [2.45, 2.75) is 53.9 Å². The lowest BCUT2D eigenvalue weighted by atomic mass is 9.94. The van der Waals surface area contributed by atoms with Gasteiger partial charge >= 0.3 is 0 Å². The normalized spacial score (nSPS) is 11.3. The van der Waals surface area contributed by atoms with Gasteiger partial charge in [0.05, 0.1) is 0 Å². The average molecular weight is 215 g/mol. The summed E-state index contributed by atoms with van der Waals surface area (Å²) in [5, 5.41) is 0. The van der Waals surface area contributed by atoms with Gasteiger partial charge in [-0.15, -0.1) is 0 Å². The van der Waals surface area contributed by atoms with Crippen molar-refractivity contribution in [1.82, 2.24) is 0 Å². The molecule has 0 amide bonds. The van der Waals surface area contributed by atoms with Gasteiger partial charge in [-0.25, -0.2) is 0 Å². The van der Waals surface area contributed by atoms with Crippen LogP contribution < -0.4 is 0 Å². The van der Waals surface area contributed by atoms with Crippen LogP contribution in [0.2, 0.25) is 0 Å². The summed E-state index contributed by atoms with van der Waals surface area (Å²) < 4.78 is 0. The second-order valence-electron chi connectivity index (χ2n) is 4.63. The maximum atomic E-state index is 3.46. The van der Waals surface area contributed by atoms with Crippen LogP contribution in [0.15, 0.2) is 12.1 Å². The van der Waals surface area contributed by atoms with Gasteiger partial charge in [0, 0.05) is 0 Å². The van der Waals surface area contributed by atoms with Gasteiger partial charge in [-0.05, 0) is 68.0 Å². The third-order valence-corrected chi connectivity index (χ3v) is 3.30. The molecule has 0 aliphatic carbocycles. The highest BCUT2D eigenvalue weighted by Crippen LogP contribution is 2.21. The molecule has 0 aliphatic rings. The van der Waals surface area contributed by atoms with E-state index in [2.05, 4.69) is 52.8 Å². The Kier molecular flexibility index (Phi) is 4.79. The highest BCUT2D eigenvalue weighted by Gasteiger charge is 2.05. The van der Waals surface area contributed by atoms with Gasteiger partial charge < -0.3 is 0 Å². The largest absolute Gasteiger partial charge is 0.0760 e. The molecule has 0 saturated carbocycles. The van der Waals surface area contributed by atoms with Gasteiger partial charge in [-0.3, -0.25) is 0 Å². The molecule has 16 heavy (non-hydrogen) atoms. The summed E-state index contributed by atoms with van der Waals surface area (Å²) in [6.07, 6.45) is 9.30. The number of hydrogen-bond acceptors (Lipinski definition) is 0. The molecule has 1 aromatic rings. The van der Waals surface area contributed by atoms with Crippen molar-refractivity contribution in [3.63, 3.8) is 0 Å². The maximum absolute atomic E-state index is 3.46. The number of hydrogen-bond donors (Lipinski definition) is 0. The summed E-state index contributed by atoms with van der Waals surface area (Å²) in [6.45, 7) is 11.0. The van der Waals surface area contributed by atoms with Crippen molar-refractivity contribution in [2.75, 3.05) is 0 Å². The zero-order chi connectivity index (χ0) is 12.1. The van der Waals surface area contributed by atoms with Crippen LogP contribution >= 0.6 is 0 Å². The second kappa shape index (κ2) is 5.89. The molecule has 0 nitrogen and oxygen atoms in total. The Morgan fingerprint density at radius 1 is 1.06 bits per heavy atom. The lowest BCUT2D eigenvalue weighted by molar-refractivity contribution is 0.813. The molecule has 0 bridgehead atoms. The molecule has 0 aromatic heterocycles. The molecular weight excluding hydrogens is 192 g/mol. The predicted molar refractivity (Wildman–Crippen MR) is 71.8 cm³/mol. The Morgan fingerprint density at radius 3 is 2.38 bits per heavy atom. The van der Waals surface area contributed by atoms with E-state index in [1.807, 2.05) is 0 Å². The maximum Gasteiger partial charge on any atom is -0.0120 e. The first-order chi connectivity index (χ1) is 7.57. The van der Waals surface area contributed by atoms with Crippen molar-refractivity contribution in [3.8, 4) is 0 Å². The minimum atomic E-state index is 1.14. The first-order valence-corrected chi connectivity index (χ1v) is 6.23. The molecule has 0 saturated heterocycles. The van der Waals surface area contributed by atoms with Crippen molar-refractivity contribution < 1.29 is 0 Å². The standard InChI is InChI=1S/C16H23/c1-6-7-8-9-10-16-13(3)11-12(2)14(4)15(16)5/h9,11H,6-8H2,1-5H3. The van der Waals surface area contributed by atoms with E-state index in [4.69, 9.17) is 0 Å². The van der Waals surface area contributed by atoms with Crippen LogP contribution in [0.1, 0.15) is 54.0 Å². The van der Waals surface area contributed by atoms with E-state index in [9.17, 15) is 0 Å². The molecule has 1 rings (SSSR count). The summed E-state index contributed by atoms with van der Waals surface area (Å²) in [4.78, 5) is 0. The number of benzene rings is 1. The molecule has 0 unspecified atom stereocenters. The fraction of sp³-hybridized carbons (Fsp3) is 0.500. The molecule has 1 aromatic carbocycles. The molecule has 0 atom stereocenters. The highest BCUT2D eigenvalue weighted by molar-refractivity contribution is 5.46. The third kappa shape index (κ3) is 2.98. The van der Waals surface area contributed by atoms with Gasteiger partial charge in [0.1, 0.15) is 0 Å².